The number of esters is 1. The minimum absolute atomic E-state index is 0.340. The van der Waals surface area contributed by atoms with Crippen LogP contribution < -0.4 is 5.32 Å². The molecule has 0 fully saturated rings. The SMILES string of the molecule is COC(=O)c1ccc2c(c1)NC(=O)/C(=C\c1ccccc1F)S2. The predicted octanol–water partition coefficient (Wildman–Crippen LogP) is 3.70. The highest BCUT2D eigenvalue weighted by Gasteiger charge is 2.22. The maximum atomic E-state index is 13.7. The van der Waals surface area contributed by atoms with Crippen molar-refractivity contribution in [2.45, 2.75) is 4.90 Å². The summed E-state index contributed by atoms with van der Waals surface area (Å²) in [6.45, 7) is 0. The zero-order valence-corrected chi connectivity index (χ0v) is 12.9. The van der Waals surface area contributed by atoms with Crippen LogP contribution in [0.2, 0.25) is 0 Å². The van der Waals surface area contributed by atoms with E-state index in [2.05, 4.69) is 10.1 Å². The molecule has 6 heteroatoms. The second-order valence-electron chi connectivity index (χ2n) is 4.79. The van der Waals surface area contributed by atoms with Gasteiger partial charge < -0.3 is 10.1 Å². The quantitative estimate of drug-likeness (QED) is 0.674. The highest BCUT2D eigenvalue weighted by atomic mass is 32.2. The van der Waals surface area contributed by atoms with Crippen molar-refractivity contribution < 1.29 is 18.7 Å². The smallest absolute Gasteiger partial charge is 0.337 e. The van der Waals surface area contributed by atoms with Crippen LogP contribution in [0.1, 0.15) is 15.9 Å². The molecule has 0 atom stereocenters. The van der Waals surface area contributed by atoms with Gasteiger partial charge in [-0.25, -0.2) is 9.18 Å². The number of hydrogen-bond acceptors (Lipinski definition) is 4. The summed E-state index contributed by atoms with van der Waals surface area (Å²) in [5.41, 5.74) is 1.24. The Balaban J connectivity index is 1.94. The maximum absolute atomic E-state index is 13.7. The van der Waals surface area contributed by atoms with Gasteiger partial charge in [0, 0.05) is 10.5 Å². The van der Waals surface area contributed by atoms with E-state index in [4.69, 9.17) is 0 Å². The first-order valence-electron chi connectivity index (χ1n) is 6.76. The van der Waals surface area contributed by atoms with Crippen LogP contribution in [0.25, 0.3) is 6.08 Å². The van der Waals surface area contributed by atoms with Gasteiger partial charge in [-0.2, -0.15) is 0 Å². The van der Waals surface area contributed by atoms with Gasteiger partial charge in [-0.3, -0.25) is 4.79 Å². The Morgan fingerprint density at radius 2 is 2.04 bits per heavy atom. The van der Waals surface area contributed by atoms with Crippen LogP contribution in [0, 0.1) is 5.82 Å². The molecule has 1 aliphatic heterocycles. The van der Waals surface area contributed by atoms with Crippen molar-refractivity contribution in [3.05, 3.63) is 64.3 Å². The van der Waals surface area contributed by atoms with Crippen LogP contribution in [0.5, 0.6) is 0 Å². The Bertz CT molecular complexity index is 832. The summed E-state index contributed by atoms with van der Waals surface area (Å²) in [6.07, 6.45) is 1.51. The van der Waals surface area contributed by atoms with Crippen LogP contribution in [0.15, 0.2) is 52.3 Å². The van der Waals surface area contributed by atoms with E-state index in [9.17, 15) is 14.0 Å². The van der Waals surface area contributed by atoms with Crippen molar-refractivity contribution in [1.82, 2.24) is 0 Å². The number of fused-ring (bicyclic) bond motifs is 1. The average Bonchev–Trinajstić information content (AvgIpc) is 2.56. The molecule has 0 aliphatic carbocycles. The number of amides is 1. The largest absolute Gasteiger partial charge is 0.465 e. The van der Waals surface area contributed by atoms with Crippen molar-refractivity contribution in [2.75, 3.05) is 12.4 Å². The normalized spacial score (nSPS) is 15.0. The third-order valence-corrected chi connectivity index (χ3v) is 4.38. The number of thioether (sulfide) groups is 1. The minimum Gasteiger partial charge on any atom is -0.465 e. The predicted molar refractivity (Wildman–Crippen MR) is 86.6 cm³/mol. The zero-order valence-electron chi connectivity index (χ0n) is 12.1. The number of halogens is 1. The summed E-state index contributed by atoms with van der Waals surface area (Å²) in [7, 11) is 1.30. The summed E-state index contributed by atoms with van der Waals surface area (Å²) in [4.78, 5) is 24.9. The Kier molecular flexibility index (Phi) is 4.16. The van der Waals surface area contributed by atoms with E-state index in [1.165, 1.54) is 31.0 Å². The number of ether oxygens (including phenoxy) is 1. The molecule has 116 valence electrons. The molecule has 1 N–H and O–H groups in total. The zero-order chi connectivity index (χ0) is 16.4. The van der Waals surface area contributed by atoms with Crippen LogP contribution in [0.4, 0.5) is 10.1 Å². The summed E-state index contributed by atoms with van der Waals surface area (Å²) < 4.78 is 18.4. The summed E-state index contributed by atoms with van der Waals surface area (Å²) in [5, 5.41) is 2.71. The fraction of sp³-hybridized carbons (Fsp3) is 0.0588. The molecule has 0 aromatic heterocycles. The van der Waals surface area contributed by atoms with Crippen molar-refractivity contribution in [2.24, 2.45) is 0 Å². The van der Waals surface area contributed by atoms with Crippen molar-refractivity contribution >= 4 is 35.4 Å². The molecule has 0 saturated heterocycles. The van der Waals surface area contributed by atoms with Crippen molar-refractivity contribution in [3.63, 3.8) is 0 Å². The number of nitrogens with one attached hydrogen (secondary N) is 1. The Hall–Kier alpha value is -2.60. The van der Waals surface area contributed by atoms with Gasteiger partial charge in [0.2, 0.25) is 0 Å². The van der Waals surface area contributed by atoms with E-state index in [1.54, 1.807) is 36.4 Å². The minimum atomic E-state index is -0.472. The first-order chi connectivity index (χ1) is 11.1. The van der Waals surface area contributed by atoms with Crippen LogP contribution in [-0.4, -0.2) is 19.0 Å². The molecule has 23 heavy (non-hydrogen) atoms. The molecule has 4 nitrogen and oxygen atoms in total. The molecule has 0 bridgehead atoms. The van der Waals surface area contributed by atoms with E-state index >= 15 is 0 Å². The van der Waals surface area contributed by atoms with Gasteiger partial charge >= 0.3 is 5.97 Å². The Morgan fingerprint density at radius 3 is 2.78 bits per heavy atom. The van der Waals surface area contributed by atoms with Gasteiger partial charge in [-0.1, -0.05) is 30.0 Å². The van der Waals surface area contributed by atoms with Gasteiger partial charge in [-0.05, 0) is 30.3 Å². The van der Waals surface area contributed by atoms with Crippen LogP contribution >= 0.6 is 11.8 Å². The second kappa shape index (κ2) is 6.26. The highest BCUT2D eigenvalue weighted by molar-refractivity contribution is 8.04. The monoisotopic (exact) mass is 329 g/mol. The lowest BCUT2D eigenvalue weighted by molar-refractivity contribution is -0.112. The molecule has 2 aromatic carbocycles. The van der Waals surface area contributed by atoms with Gasteiger partial charge in [0.05, 0.1) is 23.3 Å². The number of carbonyl (C=O) groups excluding carboxylic acids is 2. The van der Waals surface area contributed by atoms with E-state index in [-0.39, 0.29) is 11.7 Å². The molecular weight excluding hydrogens is 317 g/mol. The maximum Gasteiger partial charge on any atom is 0.337 e. The van der Waals surface area contributed by atoms with Gasteiger partial charge in [-0.15, -0.1) is 0 Å². The third kappa shape index (κ3) is 3.12. The third-order valence-electron chi connectivity index (χ3n) is 3.28. The molecule has 0 unspecified atom stereocenters. The molecule has 1 heterocycles. The molecule has 2 aromatic rings. The number of anilines is 1. The van der Waals surface area contributed by atoms with Gasteiger partial charge in [0.25, 0.3) is 5.91 Å². The fourth-order valence-corrected chi connectivity index (χ4v) is 3.06. The lowest BCUT2D eigenvalue weighted by atomic mass is 10.2. The lowest BCUT2D eigenvalue weighted by Gasteiger charge is -2.19. The van der Waals surface area contributed by atoms with Gasteiger partial charge in [0.15, 0.2) is 0 Å². The average molecular weight is 329 g/mol. The molecule has 1 aliphatic rings. The number of benzene rings is 2. The fourth-order valence-electron chi connectivity index (χ4n) is 2.14. The van der Waals surface area contributed by atoms with E-state index < -0.39 is 5.97 Å². The molecule has 0 radical (unpaired) electrons. The molecule has 0 spiro atoms. The summed E-state index contributed by atoms with van der Waals surface area (Å²) >= 11 is 1.23. The molecule has 0 saturated carbocycles. The first kappa shape index (κ1) is 15.3. The molecule has 3 rings (SSSR count). The molecule has 1 amide bonds. The van der Waals surface area contributed by atoms with E-state index in [0.29, 0.717) is 21.7 Å². The summed E-state index contributed by atoms with van der Waals surface area (Å²) in [6, 6.07) is 11.1. The Morgan fingerprint density at radius 1 is 1.26 bits per heavy atom. The topological polar surface area (TPSA) is 55.4 Å². The lowest BCUT2D eigenvalue weighted by Crippen LogP contribution is -2.18. The second-order valence-corrected chi connectivity index (χ2v) is 5.87. The number of methoxy groups -OCH3 is 1. The van der Waals surface area contributed by atoms with E-state index in [1.807, 2.05) is 0 Å². The van der Waals surface area contributed by atoms with Crippen molar-refractivity contribution in [3.8, 4) is 0 Å². The van der Waals surface area contributed by atoms with Crippen LogP contribution in [-0.2, 0) is 9.53 Å². The summed E-state index contributed by atoms with van der Waals surface area (Å²) in [5.74, 6) is -1.20. The highest BCUT2D eigenvalue weighted by Crippen LogP contribution is 2.39. The number of carbonyl (C=O) groups is 2. The number of hydrogen-bond donors (Lipinski definition) is 1. The number of rotatable bonds is 2. The molecular formula is C17H12FNO3S. The standard InChI is InChI=1S/C17H12FNO3S/c1-22-17(21)11-6-7-14-13(8-11)19-16(20)15(23-14)9-10-4-2-3-5-12(10)18/h2-9H,1H3,(H,19,20)/b15-9+. The first-order valence-corrected chi connectivity index (χ1v) is 7.58. The van der Waals surface area contributed by atoms with Crippen molar-refractivity contribution in [1.29, 1.82) is 0 Å². The van der Waals surface area contributed by atoms with Gasteiger partial charge in [0.1, 0.15) is 5.82 Å². The Labute approximate surface area is 136 Å². The van der Waals surface area contributed by atoms with E-state index in [0.717, 1.165) is 4.90 Å². The van der Waals surface area contributed by atoms with Crippen LogP contribution in [0.3, 0.4) is 0 Å².